The van der Waals surface area contributed by atoms with Crippen LogP contribution in [0.5, 0.6) is 0 Å². The number of rotatable bonds is 4. The lowest BCUT2D eigenvalue weighted by molar-refractivity contribution is -0.140. The lowest BCUT2D eigenvalue weighted by Gasteiger charge is -2.32. The quantitative estimate of drug-likeness (QED) is 0.369. The molecule has 0 N–H and O–H groups in total. The standard InChI is InChI=1S/C17H21NO3/c1-4-21-17(20)16(13(3)19)12(2)18-10-9-14-7-5-6-8-15(14)11-18/h5-8H,4,9-11H2,1-3H3/b16-12+. The zero-order chi connectivity index (χ0) is 15.4. The molecule has 4 heteroatoms. The summed E-state index contributed by atoms with van der Waals surface area (Å²) >= 11 is 0. The third kappa shape index (κ3) is 3.32. The van der Waals surface area contributed by atoms with Gasteiger partial charge < -0.3 is 9.64 Å². The van der Waals surface area contributed by atoms with E-state index in [-0.39, 0.29) is 18.0 Å². The van der Waals surface area contributed by atoms with E-state index >= 15 is 0 Å². The molecule has 0 fully saturated rings. The zero-order valence-corrected chi connectivity index (χ0v) is 12.8. The number of esters is 1. The van der Waals surface area contributed by atoms with Gasteiger partial charge in [-0.1, -0.05) is 24.3 Å². The van der Waals surface area contributed by atoms with Crippen molar-refractivity contribution in [1.29, 1.82) is 0 Å². The number of allylic oxidation sites excluding steroid dienone is 1. The molecular weight excluding hydrogens is 266 g/mol. The second-order valence-electron chi connectivity index (χ2n) is 5.18. The van der Waals surface area contributed by atoms with E-state index in [9.17, 15) is 9.59 Å². The third-order valence-electron chi connectivity index (χ3n) is 3.80. The van der Waals surface area contributed by atoms with Crippen molar-refractivity contribution in [2.45, 2.75) is 33.7 Å². The highest BCUT2D eigenvalue weighted by atomic mass is 16.5. The third-order valence-corrected chi connectivity index (χ3v) is 3.80. The molecule has 0 saturated heterocycles. The van der Waals surface area contributed by atoms with E-state index in [0.29, 0.717) is 5.70 Å². The first kappa shape index (κ1) is 15.3. The number of nitrogens with zero attached hydrogens (tertiary/aromatic N) is 1. The molecule has 21 heavy (non-hydrogen) atoms. The van der Waals surface area contributed by atoms with Gasteiger partial charge >= 0.3 is 5.97 Å². The lowest BCUT2D eigenvalue weighted by atomic mass is 9.98. The van der Waals surface area contributed by atoms with E-state index in [0.717, 1.165) is 19.5 Å². The molecule has 0 unspecified atom stereocenters. The molecule has 1 aromatic rings. The molecule has 0 bridgehead atoms. The average molecular weight is 287 g/mol. The fourth-order valence-corrected chi connectivity index (χ4v) is 2.69. The summed E-state index contributed by atoms with van der Waals surface area (Å²) in [5, 5.41) is 0. The first-order valence-electron chi connectivity index (χ1n) is 7.25. The van der Waals surface area contributed by atoms with Crippen molar-refractivity contribution in [3.63, 3.8) is 0 Å². The van der Waals surface area contributed by atoms with E-state index in [4.69, 9.17) is 4.74 Å². The number of ketones is 1. The molecule has 0 saturated carbocycles. The molecule has 1 heterocycles. The van der Waals surface area contributed by atoms with E-state index in [1.54, 1.807) is 6.92 Å². The summed E-state index contributed by atoms with van der Waals surface area (Å²) < 4.78 is 5.00. The maximum atomic E-state index is 12.0. The van der Waals surface area contributed by atoms with Crippen molar-refractivity contribution in [2.75, 3.05) is 13.2 Å². The highest BCUT2D eigenvalue weighted by molar-refractivity contribution is 6.16. The Morgan fingerprint density at radius 3 is 2.48 bits per heavy atom. The summed E-state index contributed by atoms with van der Waals surface area (Å²) in [7, 11) is 0. The number of hydrogen-bond acceptors (Lipinski definition) is 4. The Kier molecular flexibility index (Phi) is 4.78. The van der Waals surface area contributed by atoms with E-state index in [2.05, 4.69) is 17.0 Å². The Morgan fingerprint density at radius 1 is 1.19 bits per heavy atom. The fourth-order valence-electron chi connectivity index (χ4n) is 2.69. The maximum Gasteiger partial charge on any atom is 0.343 e. The molecule has 0 aliphatic carbocycles. The molecule has 1 aliphatic rings. The largest absolute Gasteiger partial charge is 0.462 e. The Balaban J connectivity index is 2.29. The predicted octanol–water partition coefficient (Wildman–Crippen LogP) is 2.47. The summed E-state index contributed by atoms with van der Waals surface area (Å²) in [6, 6.07) is 8.27. The normalized spacial score (nSPS) is 15.1. The van der Waals surface area contributed by atoms with E-state index < -0.39 is 5.97 Å². The predicted molar refractivity (Wildman–Crippen MR) is 80.6 cm³/mol. The number of carbonyl (C=O) groups is 2. The van der Waals surface area contributed by atoms with Crippen molar-refractivity contribution >= 4 is 11.8 Å². The van der Waals surface area contributed by atoms with Crippen LogP contribution in [-0.4, -0.2) is 29.8 Å². The number of hydrogen-bond donors (Lipinski definition) is 0. The Morgan fingerprint density at radius 2 is 1.86 bits per heavy atom. The monoisotopic (exact) mass is 287 g/mol. The van der Waals surface area contributed by atoms with Gasteiger partial charge in [-0.2, -0.15) is 0 Å². The van der Waals surface area contributed by atoms with Crippen LogP contribution in [0.1, 0.15) is 31.9 Å². The van der Waals surface area contributed by atoms with Crippen LogP contribution in [0.2, 0.25) is 0 Å². The molecule has 4 nitrogen and oxygen atoms in total. The number of Topliss-reactive ketones (excluding diaryl/α,β-unsaturated/α-hetero) is 1. The van der Waals surface area contributed by atoms with Gasteiger partial charge in [-0.3, -0.25) is 4.79 Å². The molecular formula is C17H21NO3. The van der Waals surface area contributed by atoms with Crippen molar-refractivity contribution in [3.05, 3.63) is 46.7 Å². The van der Waals surface area contributed by atoms with Crippen molar-refractivity contribution in [1.82, 2.24) is 4.90 Å². The topological polar surface area (TPSA) is 46.6 Å². The molecule has 0 amide bonds. The van der Waals surface area contributed by atoms with Gasteiger partial charge in [0.05, 0.1) is 6.61 Å². The highest BCUT2D eigenvalue weighted by Gasteiger charge is 2.24. The van der Waals surface area contributed by atoms with Crippen LogP contribution in [0.15, 0.2) is 35.5 Å². The van der Waals surface area contributed by atoms with Crippen molar-refractivity contribution < 1.29 is 14.3 Å². The summed E-state index contributed by atoms with van der Waals surface area (Å²) in [6.07, 6.45) is 0.918. The lowest BCUT2D eigenvalue weighted by Crippen LogP contribution is -2.32. The first-order valence-corrected chi connectivity index (χ1v) is 7.25. The molecule has 0 aromatic heterocycles. The number of ether oxygens (including phenoxy) is 1. The van der Waals surface area contributed by atoms with Crippen LogP contribution in [0.25, 0.3) is 0 Å². The molecule has 112 valence electrons. The van der Waals surface area contributed by atoms with Gasteiger partial charge in [0.2, 0.25) is 0 Å². The van der Waals surface area contributed by atoms with Gasteiger partial charge in [0, 0.05) is 18.8 Å². The fraction of sp³-hybridized carbons (Fsp3) is 0.412. The molecule has 2 rings (SSSR count). The summed E-state index contributed by atoms with van der Waals surface area (Å²) in [4.78, 5) is 25.9. The molecule has 0 atom stereocenters. The van der Waals surface area contributed by atoms with Gasteiger partial charge in [0.15, 0.2) is 5.78 Å². The molecule has 1 aliphatic heterocycles. The van der Waals surface area contributed by atoms with Gasteiger partial charge in [0.25, 0.3) is 0 Å². The zero-order valence-electron chi connectivity index (χ0n) is 12.8. The summed E-state index contributed by atoms with van der Waals surface area (Å²) in [5.41, 5.74) is 3.45. The molecule has 0 spiro atoms. The molecule has 0 radical (unpaired) electrons. The minimum Gasteiger partial charge on any atom is -0.462 e. The number of fused-ring (bicyclic) bond motifs is 1. The smallest absolute Gasteiger partial charge is 0.343 e. The van der Waals surface area contributed by atoms with Gasteiger partial charge in [0.1, 0.15) is 5.57 Å². The Hall–Kier alpha value is -2.10. The maximum absolute atomic E-state index is 12.0. The number of benzene rings is 1. The SMILES string of the molecule is CCOC(=O)/C(C(C)=O)=C(\C)N1CCc2ccccc2C1. The van der Waals surface area contributed by atoms with Crippen LogP contribution in [0, 0.1) is 0 Å². The molecule has 1 aromatic carbocycles. The van der Waals surface area contributed by atoms with Crippen LogP contribution in [0.4, 0.5) is 0 Å². The van der Waals surface area contributed by atoms with Crippen LogP contribution >= 0.6 is 0 Å². The van der Waals surface area contributed by atoms with Crippen molar-refractivity contribution in [3.8, 4) is 0 Å². The summed E-state index contributed by atoms with van der Waals surface area (Å²) in [6.45, 7) is 6.76. The van der Waals surface area contributed by atoms with Crippen LogP contribution in [-0.2, 0) is 27.3 Å². The van der Waals surface area contributed by atoms with Crippen LogP contribution < -0.4 is 0 Å². The Bertz CT molecular complexity index is 589. The second-order valence-corrected chi connectivity index (χ2v) is 5.18. The van der Waals surface area contributed by atoms with Gasteiger partial charge in [-0.25, -0.2) is 4.79 Å². The average Bonchev–Trinajstić information content (AvgIpc) is 2.46. The Labute approximate surface area is 125 Å². The van der Waals surface area contributed by atoms with Gasteiger partial charge in [-0.15, -0.1) is 0 Å². The van der Waals surface area contributed by atoms with E-state index in [1.165, 1.54) is 18.1 Å². The van der Waals surface area contributed by atoms with E-state index in [1.807, 2.05) is 19.1 Å². The minimum absolute atomic E-state index is 0.163. The first-order chi connectivity index (χ1) is 10.0. The highest BCUT2D eigenvalue weighted by Crippen LogP contribution is 2.23. The van der Waals surface area contributed by atoms with Crippen molar-refractivity contribution in [2.24, 2.45) is 0 Å². The minimum atomic E-state index is -0.527. The van der Waals surface area contributed by atoms with Crippen LogP contribution in [0.3, 0.4) is 0 Å². The number of carbonyl (C=O) groups excluding carboxylic acids is 2. The summed E-state index contributed by atoms with van der Waals surface area (Å²) in [5.74, 6) is -0.772. The second kappa shape index (κ2) is 6.57. The van der Waals surface area contributed by atoms with Gasteiger partial charge in [-0.05, 0) is 38.3 Å².